The van der Waals surface area contributed by atoms with Crippen LogP contribution in [0.15, 0.2) is 36.4 Å². The number of hydrogen-bond donors (Lipinski definition) is 2. The Hall–Kier alpha value is -2.40. The van der Waals surface area contributed by atoms with Gasteiger partial charge in [0.2, 0.25) is 11.8 Å². The molecule has 0 aliphatic heterocycles. The maximum Gasteiger partial charge on any atom is 0.248 e. The highest BCUT2D eigenvalue weighted by Crippen LogP contribution is 2.23. The predicted octanol–water partition coefficient (Wildman–Crippen LogP) is 1.74. The summed E-state index contributed by atoms with van der Waals surface area (Å²) in [6, 6.07) is 10.3. The summed E-state index contributed by atoms with van der Waals surface area (Å²) >= 11 is 0. The summed E-state index contributed by atoms with van der Waals surface area (Å²) in [6.07, 6.45) is 0. The second-order valence-electron chi connectivity index (χ2n) is 4.11. The molecule has 1 amide bonds. The number of aryl methyl sites for hydroxylation is 1. The minimum Gasteiger partial charge on any atom is -0.439 e. The fourth-order valence-corrected chi connectivity index (χ4v) is 1.60. The molecule has 5 heteroatoms. The van der Waals surface area contributed by atoms with Crippen LogP contribution in [0.3, 0.4) is 0 Å². The van der Waals surface area contributed by atoms with Gasteiger partial charge in [0.25, 0.3) is 0 Å². The molecule has 0 saturated carbocycles. The summed E-state index contributed by atoms with van der Waals surface area (Å²) in [6.45, 7) is 2.23. The Morgan fingerprint density at radius 1 is 1.21 bits per heavy atom. The molecule has 0 atom stereocenters. The van der Waals surface area contributed by atoms with Crippen LogP contribution in [0.25, 0.3) is 0 Å². The first-order valence-electron chi connectivity index (χ1n) is 5.84. The van der Waals surface area contributed by atoms with E-state index in [0.717, 1.165) is 11.3 Å². The number of primary amides is 1. The Labute approximate surface area is 111 Å². The number of carbonyl (C=O) groups is 1. The third kappa shape index (κ3) is 3.08. The first kappa shape index (κ1) is 13.0. The van der Waals surface area contributed by atoms with Gasteiger partial charge in [0.05, 0.1) is 0 Å². The van der Waals surface area contributed by atoms with Crippen LogP contribution in [0.4, 0.5) is 0 Å². The van der Waals surface area contributed by atoms with Crippen LogP contribution >= 0.6 is 0 Å². The standard InChI is InChI=1S/C14H15N3O2/c1-9-2-3-11(8-15)14(17-9)19-12-6-4-10(5-7-12)13(16)18/h2-7H,8,15H2,1H3,(H2,16,18). The van der Waals surface area contributed by atoms with E-state index in [2.05, 4.69) is 4.98 Å². The molecule has 0 radical (unpaired) electrons. The Bertz CT molecular complexity index is 594. The van der Waals surface area contributed by atoms with E-state index in [4.69, 9.17) is 16.2 Å². The van der Waals surface area contributed by atoms with E-state index < -0.39 is 5.91 Å². The van der Waals surface area contributed by atoms with Gasteiger partial charge in [0, 0.05) is 23.4 Å². The van der Waals surface area contributed by atoms with Crippen LogP contribution in [-0.2, 0) is 6.54 Å². The van der Waals surface area contributed by atoms with Crippen molar-refractivity contribution in [2.45, 2.75) is 13.5 Å². The van der Waals surface area contributed by atoms with Gasteiger partial charge < -0.3 is 16.2 Å². The van der Waals surface area contributed by atoms with Gasteiger partial charge in [-0.1, -0.05) is 6.07 Å². The maximum absolute atomic E-state index is 11.0. The monoisotopic (exact) mass is 257 g/mol. The molecule has 5 nitrogen and oxygen atoms in total. The van der Waals surface area contributed by atoms with Gasteiger partial charge in [-0.2, -0.15) is 0 Å². The number of nitrogens with zero attached hydrogens (tertiary/aromatic N) is 1. The molecule has 0 saturated heterocycles. The van der Waals surface area contributed by atoms with Gasteiger partial charge in [-0.15, -0.1) is 0 Å². The molecule has 0 unspecified atom stereocenters. The molecule has 1 aromatic heterocycles. The predicted molar refractivity (Wildman–Crippen MR) is 71.9 cm³/mol. The van der Waals surface area contributed by atoms with Crippen LogP contribution in [0, 0.1) is 6.92 Å². The molecule has 0 fully saturated rings. The van der Waals surface area contributed by atoms with E-state index in [1.165, 1.54) is 0 Å². The molecule has 0 bridgehead atoms. The minimum absolute atomic E-state index is 0.349. The number of rotatable bonds is 4. The number of ether oxygens (including phenoxy) is 1. The summed E-state index contributed by atoms with van der Waals surface area (Å²) in [4.78, 5) is 15.3. The lowest BCUT2D eigenvalue weighted by atomic mass is 10.2. The molecule has 0 aliphatic carbocycles. The van der Waals surface area contributed by atoms with Crippen molar-refractivity contribution in [3.63, 3.8) is 0 Å². The van der Waals surface area contributed by atoms with Crippen molar-refractivity contribution in [2.75, 3.05) is 0 Å². The first-order chi connectivity index (χ1) is 9.10. The highest BCUT2D eigenvalue weighted by Gasteiger charge is 2.07. The van der Waals surface area contributed by atoms with Crippen molar-refractivity contribution >= 4 is 5.91 Å². The second-order valence-corrected chi connectivity index (χ2v) is 4.11. The van der Waals surface area contributed by atoms with Gasteiger partial charge in [0.1, 0.15) is 5.75 Å². The van der Waals surface area contributed by atoms with Crippen LogP contribution in [0.2, 0.25) is 0 Å². The van der Waals surface area contributed by atoms with Crippen LogP contribution in [0.5, 0.6) is 11.6 Å². The van der Waals surface area contributed by atoms with Crippen molar-refractivity contribution in [2.24, 2.45) is 11.5 Å². The number of aromatic nitrogens is 1. The summed E-state index contributed by atoms with van der Waals surface area (Å²) in [7, 11) is 0. The molecule has 1 heterocycles. The smallest absolute Gasteiger partial charge is 0.248 e. The van der Waals surface area contributed by atoms with E-state index in [-0.39, 0.29) is 0 Å². The molecular formula is C14H15N3O2. The zero-order chi connectivity index (χ0) is 13.8. The number of amides is 1. The van der Waals surface area contributed by atoms with Crippen molar-refractivity contribution in [3.05, 3.63) is 53.2 Å². The lowest BCUT2D eigenvalue weighted by molar-refractivity contribution is 0.100. The van der Waals surface area contributed by atoms with E-state index in [0.29, 0.717) is 23.7 Å². The number of carbonyl (C=O) groups excluding carboxylic acids is 1. The third-order valence-electron chi connectivity index (χ3n) is 2.65. The van der Waals surface area contributed by atoms with E-state index >= 15 is 0 Å². The molecular weight excluding hydrogens is 242 g/mol. The van der Waals surface area contributed by atoms with Gasteiger partial charge in [-0.05, 0) is 37.3 Å². The van der Waals surface area contributed by atoms with Gasteiger partial charge in [-0.3, -0.25) is 4.79 Å². The van der Waals surface area contributed by atoms with Crippen LogP contribution < -0.4 is 16.2 Å². The molecule has 4 N–H and O–H groups in total. The zero-order valence-corrected chi connectivity index (χ0v) is 10.6. The lowest BCUT2D eigenvalue weighted by Gasteiger charge is -2.09. The molecule has 0 spiro atoms. The van der Waals surface area contributed by atoms with Gasteiger partial charge in [-0.25, -0.2) is 4.98 Å². The van der Waals surface area contributed by atoms with Crippen LogP contribution in [-0.4, -0.2) is 10.9 Å². The molecule has 2 aromatic rings. The summed E-state index contributed by atoms with van der Waals surface area (Å²) in [5.74, 6) is 0.593. The summed E-state index contributed by atoms with van der Waals surface area (Å²) < 4.78 is 5.67. The van der Waals surface area contributed by atoms with Crippen LogP contribution in [0.1, 0.15) is 21.6 Å². The molecule has 19 heavy (non-hydrogen) atoms. The van der Waals surface area contributed by atoms with Gasteiger partial charge in [0.15, 0.2) is 0 Å². The normalized spacial score (nSPS) is 10.2. The first-order valence-corrected chi connectivity index (χ1v) is 5.84. The van der Waals surface area contributed by atoms with Crippen molar-refractivity contribution < 1.29 is 9.53 Å². The van der Waals surface area contributed by atoms with Crippen molar-refractivity contribution in [3.8, 4) is 11.6 Å². The SMILES string of the molecule is Cc1ccc(CN)c(Oc2ccc(C(N)=O)cc2)n1. The Balaban J connectivity index is 2.25. The third-order valence-corrected chi connectivity index (χ3v) is 2.65. The summed E-state index contributed by atoms with van der Waals surface area (Å²) in [5.41, 5.74) is 12.9. The highest BCUT2D eigenvalue weighted by atomic mass is 16.5. The average Bonchev–Trinajstić information content (AvgIpc) is 2.39. The summed E-state index contributed by atoms with van der Waals surface area (Å²) in [5, 5.41) is 0. The van der Waals surface area contributed by atoms with E-state index in [9.17, 15) is 4.79 Å². The molecule has 2 rings (SSSR count). The lowest BCUT2D eigenvalue weighted by Crippen LogP contribution is -2.10. The fourth-order valence-electron chi connectivity index (χ4n) is 1.60. The fraction of sp³-hybridized carbons (Fsp3) is 0.143. The minimum atomic E-state index is -0.470. The molecule has 1 aromatic carbocycles. The highest BCUT2D eigenvalue weighted by molar-refractivity contribution is 5.92. The molecule has 98 valence electrons. The van der Waals surface area contributed by atoms with Gasteiger partial charge >= 0.3 is 0 Å². The number of nitrogens with two attached hydrogens (primary N) is 2. The van der Waals surface area contributed by atoms with E-state index in [1.807, 2.05) is 19.1 Å². The number of pyridine rings is 1. The number of benzene rings is 1. The Morgan fingerprint density at radius 2 is 1.89 bits per heavy atom. The topological polar surface area (TPSA) is 91.2 Å². The van der Waals surface area contributed by atoms with Crippen molar-refractivity contribution in [1.82, 2.24) is 4.98 Å². The maximum atomic E-state index is 11.0. The average molecular weight is 257 g/mol. The largest absolute Gasteiger partial charge is 0.439 e. The number of hydrogen-bond acceptors (Lipinski definition) is 4. The Morgan fingerprint density at radius 3 is 2.47 bits per heavy atom. The molecule has 0 aliphatic rings. The van der Waals surface area contributed by atoms with E-state index in [1.54, 1.807) is 24.3 Å². The zero-order valence-electron chi connectivity index (χ0n) is 10.6. The quantitative estimate of drug-likeness (QED) is 0.872. The Kier molecular flexibility index (Phi) is 3.77. The van der Waals surface area contributed by atoms with Crippen molar-refractivity contribution in [1.29, 1.82) is 0 Å². The second kappa shape index (κ2) is 5.49.